The molecule has 0 bridgehead atoms. The monoisotopic (exact) mass is 473 g/mol. The van der Waals surface area contributed by atoms with Gasteiger partial charge in [0.25, 0.3) is 5.91 Å². The number of unbranched alkanes of at least 4 members (excludes halogenated alkanes) is 1. The number of aryl methyl sites for hydroxylation is 1. The highest BCUT2D eigenvalue weighted by atomic mass is 32.2. The van der Waals surface area contributed by atoms with E-state index in [0.29, 0.717) is 18.7 Å². The molecule has 4 rings (SSSR count). The van der Waals surface area contributed by atoms with E-state index in [9.17, 15) is 13.2 Å². The molecule has 0 atom stereocenters. The number of thiophene rings is 1. The second kappa shape index (κ2) is 9.37. The maximum Gasteiger partial charge on any atom is 0.250 e. The number of fused-ring (bicyclic) bond motifs is 1. The van der Waals surface area contributed by atoms with Gasteiger partial charge < -0.3 is 10.7 Å². The number of piperidine rings is 1. The van der Waals surface area contributed by atoms with Gasteiger partial charge in [0.05, 0.1) is 16.8 Å². The molecular weight excluding hydrogens is 442 g/mol. The van der Waals surface area contributed by atoms with Crippen LogP contribution >= 0.6 is 11.3 Å². The first kappa shape index (κ1) is 23.0. The third-order valence-corrected chi connectivity index (χ3v) is 9.54. The number of rotatable bonds is 8. The topological polar surface area (TPSA) is 96.3 Å². The van der Waals surface area contributed by atoms with Crippen molar-refractivity contribution in [2.45, 2.75) is 51.9 Å². The Morgan fingerprint density at radius 2 is 1.97 bits per heavy atom. The Balaban J connectivity index is 1.68. The Hall–Kier alpha value is -2.16. The van der Waals surface area contributed by atoms with Crippen molar-refractivity contribution in [1.29, 1.82) is 0 Å². The zero-order valence-corrected chi connectivity index (χ0v) is 20.3. The summed E-state index contributed by atoms with van der Waals surface area (Å²) in [5.41, 5.74) is 9.15. The average molecular weight is 474 g/mol. The van der Waals surface area contributed by atoms with E-state index >= 15 is 0 Å². The predicted molar refractivity (Wildman–Crippen MR) is 132 cm³/mol. The largest absolute Gasteiger partial charge is 0.366 e. The van der Waals surface area contributed by atoms with E-state index in [0.717, 1.165) is 52.6 Å². The summed E-state index contributed by atoms with van der Waals surface area (Å²) in [5.74, 6) is -0.0692. The van der Waals surface area contributed by atoms with Crippen molar-refractivity contribution in [1.82, 2.24) is 9.29 Å². The Bertz CT molecular complexity index is 1220. The zero-order valence-electron chi connectivity index (χ0n) is 18.7. The fraction of sp³-hybridized carbons (Fsp3) is 0.458. The van der Waals surface area contributed by atoms with E-state index in [-0.39, 0.29) is 11.7 Å². The van der Waals surface area contributed by atoms with Gasteiger partial charge in [0, 0.05) is 34.4 Å². The summed E-state index contributed by atoms with van der Waals surface area (Å²) in [4.78, 5) is 18.0. The maximum absolute atomic E-state index is 12.2. The summed E-state index contributed by atoms with van der Waals surface area (Å²) in [5, 5.41) is 1.01. The van der Waals surface area contributed by atoms with Crippen molar-refractivity contribution in [2.24, 2.45) is 5.73 Å². The van der Waals surface area contributed by atoms with Crippen molar-refractivity contribution in [3.63, 3.8) is 0 Å². The number of hydrogen-bond donors (Lipinski definition) is 2. The lowest BCUT2D eigenvalue weighted by atomic mass is 9.89. The number of primary amides is 1. The smallest absolute Gasteiger partial charge is 0.250 e. The number of sulfonamides is 1. The number of amides is 1. The molecular formula is C24H31N3O3S2. The molecule has 3 heterocycles. The fourth-order valence-corrected chi connectivity index (χ4v) is 6.74. The predicted octanol–water partition coefficient (Wildman–Crippen LogP) is 4.87. The van der Waals surface area contributed by atoms with Gasteiger partial charge in [0.2, 0.25) is 10.0 Å². The molecule has 3 aromatic rings. The molecule has 0 aliphatic carbocycles. The van der Waals surface area contributed by atoms with E-state index in [1.807, 2.05) is 12.3 Å². The van der Waals surface area contributed by atoms with Gasteiger partial charge in [-0.05, 0) is 73.9 Å². The normalized spacial score (nSPS) is 16.1. The molecule has 0 spiro atoms. The first-order valence-electron chi connectivity index (χ1n) is 11.4. The third-order valence-electron chi connectivity index (χ3n) is 6.46. The number of benzene rings is 1. The van der Waals surface area contributed by atoms with E-state index in [1.165, 1.54) is 11.3 Å². The van der Waals surface area contributed by atoms with Crippen LogP contribution in [0.5, 0.6) is 0 Å². The Kier molecular flexibility index (Phi) is 6.74. The number of nitrogens with zero attached hydrogens (tertiary/aromatic N) is 1. The van der Waals surface area contributed by atoms with Crippen LogP contribution in [0.3, 0.4) is 0 Å². The molecule has 0 radical (unpaired) electrons. The number of nitrogens with two attached hydrogens (primary N) is 1. The Labute approximate surface area is 193 Å². The zero-order chi connectivity index (χ0) is 22.9. The minimum Gasteiger partial charge on any atom is -0.366 e. The standard InChI is InChI=1S/C24H31N3O3S2/c1-3-5-6-18-7-8-22(31-18)17-13-19-21(15-26-23(19)20(14-17)24(25)28)16-9-11-27(12-10-16)32(29,30)4-2/h7-8,13-16,26H,3-6,9-12H2,1-2H3,(H2,25,28). The first-order chi connectivity index (χ1) is 15.3. The number of aromatic amines is 1. The second-order valence-corrected chi connectivity index (χ2v) is 11.9. The summed E-state index contributed by atoms with van der Waals surface area (Å²) < 4.78 is 26.0. The summed E-state index contributed by atoms with van der Waals surface area (Å²) >= 11 is 1.77. The molecule has 6 nitrogen and oxygen atoms in total. The fourth-order valence-electron chi connectivity index (χ4n) is 4.57. The molecule has 1 fully saturated rings. The molecule has 3 N–H and O–H groups in total. The Morgan fingerprint density at radius 1 is 1.22 bits per heavy atom. The van der Waals surface area contributed by atoms with Crippen LogP contribution in [0.2, 0.25) is 0 Å². The summed E-state index contributed by atoms with van der Waals surface area (Å²) in [6, 6.07) is 8.34. The van der Waals surface area contributed by atoms with Crippen LogP contribution in [-0.2, 0) is 16.4 Å². The van der Waals surface area contributed by atoms with Crippen LogP contribution in [0.25, 0.3) is 21.3 Å². The molecule has 1 saturated heterocycles. The number of nitrogens with one attached hydrogen (secondary N) is 1. The minimum absolute atomic E-state index is 0.136. The van der Waals surface area contributed by atoms with E-state index < -0.39 is 15.9 Å². The summed E-state index contributed by atoms with van der Waals surface area (Å²) in [6.45, 7) is 4.94. The molecule has 32 heavy (non-hydrogen) atoms. The van der Waals surface area contributed by atoms with E-state index in [1.54, 1.807) is 22.6 Å². The lowest BCUT2D eigenvalue weighted by Crippen LogP contribution is -2.38. The highest BCUT2D eigenvalue weighted by Gasteiger charge is 2.29. The van der Waals surface area contributed by atoms with Crippen molar-refractivity contribution < 1.29 is 13.2 Å². The van der Waals surface area contributed by atoms with Crippen LogP contribution in [0, 0.1) is 0 Å². The quantitative estimate of drug-likeness (QED) is 0.489. The SMILES string of the molecule is CCCCc1ccc(-c2cc(C(N)=O)c3[nH]cc(C4CCN(S(=O)(=O)CC)CC4)c3c2)s1. The first-order valence-corrected chi connectivity index (χ1v) is 13.8. The molecule has 0 saturated carbocycles. The maximum atomic E-state index is 12.2. The molecule has 0 unspecified atom stereocenters. The second-order valence-electron chi connectivity index (χ2n) is 8.50. The molecule has 8 heteroatoms. The van der Waals surface area contributed by atoms with Gasteiger partial charge in [0.15, 0.2) is 0 Å². The van der Waals surface area contributed by atoms with Gasteiger partial charge in [0.1, 0.15) is 0 Å². The molecule has 172 valence electrons. The lowest BCUT2D eigenvalue weighted by molar-refractivity contribution is 0.100. The van der Waals surface area contributed by atoms with Gasteiger partial charge >= 0.3 is 0 Å². The van der Waals surface area contributed by atoms with Crippen LogP contribution in [-0.4, -0.2) is 42.5 Å². The Morgan fingerprint density at radius 3 is 2.62 bits per heavy atom. The highest BCUT2D eigenvalue weighted by molar-refractivity contribution is 7.89. The van der Waals surface area contributed by atoms with Crippen LogP contribution in [0.15, 0.2) is 30.5 Å². The van der Waals surface area contributed by atoms with Crippen LogP contribution in [0.1, 0.15) is 66.2 Å². The number of carbonyl (C=O) groups is 1. The molecule has 2 aromatic heterocycles. The van der Waals surface area contributed by atoms with Crippen molar-refractivity contribution >= 4 is 38.2 Å². The van der Waals surface area contributed by atoms with E-state index in [2.05, 4.69) is 30.1 Å². The number of hydrogen-bond acceptors (Lipinski definition) is 4. The molecule has 1 aliphatic rings. The van der Waals surface area contributed by atoms with Gasteiger partial charge in [-0.15, -0.1) is 11.3 Å². The minimum atomic E-state index is -3.16. The van der Waals surface area contributed by atoms with Crippen LogP contribution in [0.4, 0.5) is 0 Å². The third kappa shape index (κ3) is 4.49. The van der Waals surface area contributed by atoms with Gasteiger partial charge in [-0.25, -0.2) is 12.7 Å². The van der Waals surface area contributed by atoms with Gasteiger partial charge in [-0.3, -0.25) is 4.79 Å². The average Bonchev–Trinajstić information content (AvgIpc) is 3.44. The van der Waals surface area contributed by atoms with Crippen molar-refractivity contribution in [3.05, 3.63) is 46.5 Å². The molecule has 1 amide bonds. The highest BCUT2D eigenvalue weighted by Crippen LogP contribution is 2.38. The van der Waals surface area contributed by atoms with Crippen LogP contribution < -0.4 is 5.73 Å². The van der Waals surface area contributed by atoms with E-state index in [4.69, 9.17) is 5.73 Å². The summed E-state index contributed by atoms with van der Waals surface area (Å²) in [7, 11) is -3.16. The van der Waals surface area contributed by atoms with Gasteiger partial charge in [-0.2, -0.15) is 0 Å². The number of H-pyrrole nitrogens is 1. The number of carbonyl (C=O) groups excluding carboxylic acids is 1. The lowest BCUT2D eigenvalue weighted by Gasteiger charge is -2.31. The number of aromatic nitrogens is 1. The van der Waals surface area contributed by atoms with Crippen molar-refractivity contribution in [3.8, 4) is 10.4 Å². The van der Waals surface area contributed by atoms with Gasteiger partial charge in [-0.1, -0.05) is 13.3 Å². The molecule has 1 aliphatic heterocycles. The van der Waals surface area contributed by atoms with Crippen molar-refractivity contribution in [2.75, 3.05) is 18.8 Å². The molecule has 1 aromatic carbocycles. The summed E-state index contributed by atoms with van der Waals surface area (Å²) in [6.07, 6.45) is 6.90.